The Balaban J connectivity index is 1.18. The Morgan fingerprint density at radius 3 is 2.28 bits per heavy atom. The van der Waals surface area contributed by atoms with E-state index >= 15 is 0 Å². The number of rotatable bonds is 7. The Morgan fingerprint density at radius 2 is 1.59 bits per heavy atom. The predicted octanol–water partition coefficient (Wildman–Crippen LogP) is 4.43. The van der Waals surface area contributed by atoms with Crippen molar-refractivity contribution in [1.82, 2.24) is 29.5 Å². The number of hydrogen-bond acceptors (Lipinski definition) is 8. The van der Waals surface area contributed by atoms with Gasteiger partial charge in [-0.15, -0.1) is 0 Å². The molecule has 1 aliphatic carbocycles. The molecule has 0 bridgehead atoms. The number of nitrogens with two attached hydrogens (primary N) is 1. The Morgan fingerprint density at radius 1 is 0.897 bits per heavy atom. The molecule has 0 spiro atoms. The van der Waals surface area contributed by atoms with Crippen LogP contribution in [0, 0.1) is 0 Å². The van der Waals surface area contributed by atoms with Crippen molar-refractivity contribution in [3.05, 3.63) is 60.4 Å². The second kappa shape index (κ2) is 11.2. The summed E-state index contributed by atoms with van der Waals surface area (Å²) in [7, 11) is 3.90. The minimum Gasteiger partial charge on any atom is -0.497 e. The maximum atomic E-state index is 6.39. The number of methoxy groups -OCH3 is 1. The second-order valence-electron chi connectivity index (χ2n) is 10.8. The molecule has 0 radical (unpaired) electrons. The highest BCUT2D eigenvalue weighted by molar-refractivity contribution is 5.98. The van der Waals surface area contributed by atoms with Crippen LogP contribution in [0.2, 0.25) is 0 Å². The maximum absolute atomic E-state index is 6.39. The summed E-state index contributed by atoms with van der Waals surface area (Å²) >= 11 is 0. The van der Waals surface area contributed by atoms with Crippen molar-refractivity contribution in [1.29, 1.82) is 0 Å². The lowest BCUT2D eigenvalue weighted by molar-refractivity contribution is 0.0815. The first kappa shape index (κ1) is 25.6. The van der Waals surface area contributed by atoms with E-state index in [0.717, 1.165) is 53.1 Å². The van der Waals surface area contributed by atoms with Gasteiger partial charge >= 0.3 is 0 Å². The summed E-state index contributed by atoms with van der Waals surface area (Å²) in [6, 6.07) is 17.5. The van der Waals surface area contributed by atoms with Crippen LogP contribution in [0.4, 0.5) is 11.5 Å². The van der Waals surface area contributed by atoms with Crippen LogP contribution in [-0.4, -0.2) is 75.9 Å². The first-order chi connectivity index (χ1) is 19.1. The van der Waals surface area contributed by atoms with Gasteiger partial charge < -0.3 is 20.7 Å². The quantitative estimate of drug-likeness (QED) is 0.365. The number of nitrogens with zero attached hydrogens (tertiary/aromatic N) is 6. The van der Waals surface area contributed by atoms with E-state index in [1.54, 1.807) is 13.4 Å². The van der Waals surface area contributed by atoms with Gasteiger partial charge in [0, 0.05) is 50.0 Å². The van der Waals surface area contributed by atoms with E-state index in [0.29, 0.717) is 17.9 Å². The highest BCUT2D eigenvalue weighted by Gasteiger charge is 2.30. The van der Waals surface area contributed by atoms with E-state index in [1.165, 1.54) is 44.6 Å². The fourth-order valence-corrected chi connectivity index (χ4v) is 6.00. The Hall–Kier alpha value is -3.69. The van der Waals surface area contributed by atoms with Crippen LogP contribution in [0.3, 0.4) is 0 Å². The molecule has 1 saturated carbocycles. The first-order valence-electron chi connectivity index (χ1n) is 14.0. The lowest BCUT2D eigenvalue weighted by atomic mass is 9.90. The van der Waals surface area contributed by atoms with Gasteiger partial charge in [0.2, 0.25) is 0 Å². The van der Waals surface area contributed by atoms with Crippen LogP contribution in [0.1, 0.15) is 37.3 Å². The third kappa shape index (κ3) is 5.42. The van der Waals surface area contributed by atoms with Gasteiger partial charge in [0.25, 0.3) is 0 Å². The molecule has 0 unspecified atom stereocenters. The molecule has 2 fully saturated rings. The van der Waals surface area contributed by atoms with Crippen LogP contribution in [0.5, 0.6) is 5.75 Å². The summed E-state index contributed by atoms with van der Waals surface area (Å²) < 4.78 is 7.37. The number of likely N-dealkylation sites (N-methyl/N-ethyl adjacent to an activating group) is 1. The molecule has 1 saturated heterocycles. The van der Waals surface area contributed by atoms with Gasteiger partial charge in [-0.1, -0.05) is 24.3 Å². The van der Waals surface area contributed by atoms with Gasteiger partial charge in [0.1, 0.15) is 23.6 Å². The number of anilines is 2. The molecular formula is C30H38N8O. The highest BCUT2D eigenvalue weighted by Crippen LogP contribution is 2.37. The Labute approximate surface area is 230 Å². The van der Waals surface area contributed by atoms with E-state index in [1.807, 2.05) is 12.1 Å². The number of benzene rings is 2. The number of ether oxygens (including phenoxy) is 1. The van der Waals surface area contributed by atoms with Gasteiger partial charge in [-0.2, -0.15) is 5.10 Å². The molecule has 39 heavy (non-hydrogen) atoms. The molecule has 204 valence electrons. The van der Waals surface area contributed by atoms with Crippen LogP contribution in [0.25, 0.3) is 22.3 Å². The third-order valence-electron chi connectivity index (χ3n) is 8.40. The SMILES string of the molecule is COc1ccc(CNc2ccc(-c3nn(C4CCC(N5CCN(C)CC5)CC4)c4ncnc(N)c34)cc2)cc1. The average Bonchev–Trinajstić information content (AvgIpc) is 3.38. The molecule has 9 heteroatoms. The zero-order chi connectivity index (χ0) is 26.8. The smallest absolute Gasteiger partial charge is 0.164 e. The van der Waals surface area contributed by atoms with Crippen LogP contribution >= 0.6 is 0 Å². The molecule has 2 aromatic carbocycles. The molecule has 9 nitrogen and oxygen atoms in total. The second-order valence-corrected chi connectivity index (χ2v) is 10.8. The van der Waals surface area contributed by atoms with E-state index < -0.39 is 0 Å². The lowest BCUT2D eigenvalue weighted by Gasteiger charge is -2.41. The normalized spacial score (nSPS) is 20.8. The lowest BCUT2D eigenvalue weighted by Crippen LogP contribution is -2.49. The topological polar surface area (TPSA) is 97.4 Å². The molecule has 6 rings (SSSR count). The van der Waals surface area contributed by atoms with Crippen molar-refractivity contribution >= 4 is 22.5 Å². The Kier molecular flexibility index (Phi) is 7.34. The molecule has 0 amide bonds. The largest absolute Gasteiger partial charge is 0.497 e. The van der Waals surface area contributed by atoms with E-state index in [9.17, 15) is 0 Å². The van der Waals surface area contributed by atoms with Crippen molar-refractivity contribution in [2.24, 2.45) is 0 Å². The van der Waals surface area contributed by atoms with Crippen LogP contribution in [-0.2, 0) is 6.54 Å². The third-order valence-corrected chi connectivity index (χ3v) is 8.40. The zero-order valence-corrected chi connectivity index (χ0v) is 22.9. The predicted molar refractivity (Wildman–Crippen MR) is 156 cm³/mol. The molecule has 0 atom stereocenters. The average molecular weight is 527 g/mol. The monoisotopic (exact) mass is 526 g/mol. The van der Waals surface area contributed by atoms with Gasteiger partial charge in [0.15, 0.2) is 5.65 Å². The van der Waals surface area contributed by atoms with Crippen molar-refractivity contribution in [2.75, 3.05) is 51.4 Å². The van der Waals surface area contributed by atoms with Crippen molar-refractivity contribution in [3.8, 4) is 17.0 Å². The summed E-state index contributed by atoms with van der Waals surface area (Å²) in [6.45, 7) is 5.42. The number of piperazine rings is 1. The Bertz CT molecular complexity index is 1390. The van der Waals surface area contributed by atoms with Crippen molar-refractivity contribution < 1.29 is 4.74 Å². The fraction of sp³-hybridized carbons (Fsp3) is 0.433. The highest BCUT2D eigenvalue weighted by atomic mass is 16.5. The standard InChI is InChI=1S/C30H38N8O/c1-36-15-17-37(18-16-36)24-9-11-25(12-10-24)38-30-27(29(31)33-20-34-30)28(35-38)22-5-7-23(8-6-22)32-19-21-3-13-26(39-2)14-4-21/h3-8,13-14,20,24-25,32H,9-12,15-19H2,1-2H3,(H2,31,33,34). The summed E-state index contributed by atoms with van der Waals surface area (Å²) in [5.74, 6) is 1.34. The minimum atomic E-state index is 0.324. The number of nitrogens with one attached hydrogen (secondary N) is 1. The molecule has 4 aromatic rings. The molecule has 2 aromatic heterocycles. The first-order valence-corrected chi connectivity index (χ1v) is 14.0. The zero-order valence-electron chi connectivity index (χ0n) is 22.9. The fourth-order valence-electron chi connectivity index (χ4n) is 6.00. The van der Waals surface area contributed by atoms with Gasteiger partial charge in [-0.05, 0) is 62.6 Å². The minimum absolute atomic E-state index is 0.324. The number of hydrogen-bond donors (Lipinski definition) is 2. The molecule has 3 N–H and O–H groups in total. The van der Waals surface area contributed by atoms with Crippen LogP contribution in [0.15, 0.2) is 54.9 Å². The molecule has 2 aliphatic rings. The van der Waals surface area contributed by atoms with Gasteiger partial charge in [0.05, 0.1) is 18.5 Å². The van der Waals surface area contributed by atoms with Gasteiger partial charge in [-0.3, -0.25) is 4.90 Å². The summed E-state index contributed by atoms with van der Waals surface area (Å²) in [4.78, 5) is 14.1. The molecule has 3 heterocycles. The summed E-state index contributed by atoms with van der Waals surface area (Å²) in [5.41, 5.74) is 11.3. The van der Waals surface area contributed by atoms with E-state index in [-0.39, 0.29) is 0 Å². The number of nitrogen functional groups attached to an aromatic ring is 1. The molecule has 1 aliphatic heterocycles. The van der Waals surface area contributed by atoms with Crippen molar-refractivity contribution in [3.63, 3.8) is 0 Å². The maximum Gasteiger partial charge on any atom is 0.164 e. The van der Waals surface area contributed by atoms with E-state index in [4.69, 9.17) is 15.6 Å². The number of fused-ring (bicyclic) bond motifs is 1. The van der Waals surface area contributed by atoms with E-state index in [2.05, 4.69) is 73.2 Å². The summed E-state index contributed by atoms with van der Waals surface area (Å²) in [6.07, 6.45) is 6.15. The van der Waals surface area contributed by atoms with Crippen molar-refractivity contribution in [2.45, 2.75) is 44.3 Å². The molecular weight excluding hydrogens is 488 g/mol. The number of aromatic nitrogens is 4. The summed E-state index contributed by atoms with van der Waals surface area (Å²) in [5, 5.41) is 9.45. The van der Waals surface area contributed by atoms with Crippen LogP contribution < -0.4 is 15.8 Å². The van der Waals surface area contributed by atoms with Gasteiger partial charge in [-0.25, -0.2) is 14.6 Å².